The molecule has 2 aliphatic heterocycles. The molecule has 3 aromatic heterocycles. The third-order valence-electron chi connectivity index (χ3n) is 10.0. The predicted molar refractivity (Wildman–Crippen MR) is 200 cm³/mol. The second-order valence-electron chi connectivity index (χ2n) is 12.8. The molecular formula is C44H26N4. The van der Waals surface area contributed by atoms with Gasteiger partial charge in [0.15, 0.2) is 0 Å². The van der Waals surface area contributed by atoms with Crippen molar-refractivity contribution in [3.63, 3.8) is 0 Å². The maximum absolute atomic E-state index is 5.33. The molecule has 5 heterocycles. The van der Waals surface area contributed by atoms with Gasteiger partial charge in [-0.25, -0.2) is 9.97 Å². The Morgan fingerprint density at radius 2 is 0.542 bits per heavy atom. The molecule has 0 radical (unpaired) electrons. The monoisotopic (exact) mass is 610 g/mol. The highest BCUT2D eigenvalue weighted by atomic mass is 14.8. The third-order valence-corrected chi connectivity index (χ3v) is 10.0. The fraction of sp³-hybridized carbons (Fsp3) is 0. The number of nitrogens with one attached hydrogen (secondary N) is 2. The highest BCUT2D eigenvalue weighted by Gasteiger charge is 2.21. The summed E-state index contributed by atoms with van der Waals surface area (Å²) >= 11 is 0. The number of fused-ring (bicyclic) bond motifs is 22. The molecule has 0 spiro atoms. The highest BCUT2D eigenvalue weighted by molar-refractivity contribution is 6.11. The topological polar surface area (TPSA) is 57.4 Å². The van der Waals surface area contributed by atoms with E-state index in [2.05, 4.69) is 156 Å². The molecule has 0 saturated carbocycles. The summed E-state index contributed by atoms with van der Waals surface area (Å²) in [7, 11) is 0. The number of benzene rings is 6. The molecule has 2 N–H and O–H groups in total. The number of aromatic nitrogens is 4. The van der Waals surface area contributed by atoms with Crippen LogP contribution in [-0.4, -0.2) is 19.9 Å². The zero-order chi connectivity index (χ0) is 31.3. The molecule has 0 amide bonds. The first-order valence-electron chi connectivity index (χ1n) is 16.3. The second kappa shape index (κ2) is 9.50. The first kappa shape index (κ1) is 25.6. The number of hydrogen-bond donors (Lipinski definition) is 2. The van der Waals surface area contributed by atoms with Crippen LogP contribution in [0.4, 0.5) is 0 Å². The summed E-state index contributed by atoms with van der Waals surface area (Å²) in [5.74, 6) is 0. The van der Waals surface area contributed by atoms with E-state index in [1.807, 2.05) is 0 Å². The molecule has 0 unspecified atom stereocenters. The van der Waals surface area contributed by atoms with Crippen molar-refractivity contribution in [3.05, 3.63) is 146 Å². The van der Waals surface area contributed by atoms with Gasteiger partial charge in [-0.2, -0.15) is 0 Å². The molecule has 4 heteroatoms. The van der Waals surface area contributed by atoms with Gasteiger partial charge in [0, 0.05) is 65.9 Å². The predicted octanol–water partition coefficient (Wildman–Crippen LogP) is 11.6. The molecule has 6 aromatic carbocycles. The van der Waals surface area contributed by atoms with Crippen LogP contribution in [0.2, 0.25) is 0 Å². The lowest BCUT2D eigenvalue weighted by Crippen LogP contribution is -1.80. The summed E-state index contributed by atoms with van der Waals surface area (Å²) in [6.45, 7) is 0. The summed E-state index contributed by atoms with van der Waals surface area (Å²) in [5.41, 5.74) is 12.4. The molecule has 0 saturated heterocycles. The van der Waals surface area contributed by atoms with Crippen LogP contribution in [0.1, 0.15) is 0 Å². The minimum absolute atomic E-state index is 0.945. The first-order valence-corrected chi connectivity index (χ1v) is 16.3. The largest absolute Gasteiger partial charge is 0.354 e. The van der Waals surface area contributed by atoms with Crippen LogP contribution in [0, 0.1) is 0 Å². The zero-order valence-electron chi connectivity index (χ0n) is 25.8. The highest BCUT2D eigenvalue weighted by Crippen LogP contribution is 2.42. The van der Waals surface area contributed by atoms with Gasteiger partial charge < -0.3 is 9.97 Å². The molecule has 222 valence electrons. The number of H-pyrrole nitrogens is 2. The minimum atomic E-state index is 0.945. The molecule has 2 aliphatic rings. The van der Waals surface area contributed by atoms with E-state index in [0.29, 0.717) is 0 Å². The number of rotatable bonds is 0. The quantitative estimate of drug-likeness (QED) is 0.179. The van der Waals surface area contributed by atoms with E-state index in [1.54, 1.807) is 0 Å². The Labute approximate surface area is 275 Å². The van der Waals surface area contributed by atoms with Crippen LogP contribution in [0.5, 0.6) is 0 Å². The standard InChI is InChI=1S/C44H26N4/c1-2-10-26-18-34-33(17-25(26)9-1)41-21-37-29-13-5-6-14-30(29)39(45-37)23-43-35-19-27-11-3-4-12-28(27)20-36(35)44(48-43)24-40-32-16-8-7-15-31(32)38(46-40)22-42(34)47-41/h1-24,45-46H. The van der Waals surface area contributed by atoms with E-state index in [4.69, 9.17) is 9.97 Å². The molecule has 9 aromatic rings. The fourth-order valence-corrected chi connectivity index (χ4v) is 7.74. The van der Waals surface area contributed by atoms with Crippen molar-refractivity contribution in [2.24, 2.45) is 0 Å². The van der Waals surface area contributed by atoms with E-state index in [9.17, 15) is 0 Å². The second-order valence-corrected chi connectivity index (χ2v) is 12.8. The summed E-state index contributed by atoms with van der Waals surface area (Å²) in [4.78, 5) is 18.2. The molecule has 11 rings (SSSR count). The van der Waals surface area contributed by atoms with E-state index >= 15 is 0 Å². The Morgan fingerprint density at radius 3 is 0.812 bits per heavy atom. The van der Waals surface area contributed by atoms with Gasteiger partial charge in [0.1, 0.15) is 0 Å². The number of aromatic amines is 2. The van der Waals surface area contributed by atoms with E-state index < -0.39 is 0 Å². The Hall–Kier alpha value is -6.52. The summed E-state index contributed by atoms with van der Waals surface area (Å²) in [5, 5.41) is 9.44. The van der Waals surface area contributed by atoms with Gasteiger partial charge in [-0.05, 0) is 70.1 Å². The SMILES string of the molecule is c1ccc2cc3c(cc2c1)-c1cc2[nH]c(cc4nc(cc5[nH]c(cc-3n1)c1ccccc51)-c1cc3ccccc3cc1-4)c1ccccc21. The normalized spacial score (nSPS) is 12.2. The third kappa shape index (κ3) is 3.71. The van der Waals surface area contributed by atoms with Crippen LogP contribution in [0.15, 0.2) is 146 Å². The van der Waals surface area contributed by atoms with Gasteiger partial charge in [-0.15, -0.1) is 0 Å². The maximum atomic E-state index is 5.33. The average molecular weight is 611 g/mol. The Kier molecular flexibility index (Phi) is 5.08. The van der Waals surface area contributed by atoms with Crippen molar-refractivity contribution in [2.45, 2.75) is 0 Å². The maximum Gasteiger partial charge on any atom is 0.0737 e. The Morgan fingerprint density at radius 1 is 0.292 bits per heavy atom. The van der Waals surface area contributed by atoms with Gasteiger partial charge in [-0.3, -0.25) is 0 Å². The van der Waals surface area contributed by atoms with Gasteiger partial charge in [-0.1, -0.05) is 97.1 Å². The fourth-order valence-electron chi connectivity index (χ4n) is 7.74. The Bertz CT molecular complexity index is 2620. The van der Waals surface area contributed by atoms with E-state index in [0.717, 1.165) is 88.6 Å². The summed E-state index contributed by atoms with van der Waals surface area (Å²) in [6, 6.07) is 52.2. The van der Waals surface area contributed by atoms with Crippen LogP contribution >= 0.6 is 0 Å². The van der Waals surface area contributed by atoms with Gasteiger partial charge >= 0.3 is 0 Å². The minimum Gasteiger partial charge on any atom is -0.354 e. The Balaban J connectivity index is 1.34. The molecule has 4 nitrogen and oxygen atoms in total. The summed E-state index contributed by atoms with van der Waals surface area (Å²) < 4.78 is 0. The molecule has 0 fully saturated rings. The van der Waals surface area contributed by atoms with Crippen molar-refractivity contribution in [1.82, 2.24) is 19.9 Å². The smallest absolute Gasteiger partial charge is 0.0737 e. The van der Waals surface area contributed by atoms with Crippen LogP contribution in [-0.2, 0) is 0 Å². The van der Waals surface area contributed by atoms with E-state index in [-0.39, 0.29) is 0 Å². The molecule has 0 atom stereocenters. The molecule has 48 heavy (non-hydrogen) atoms. The van der Waals surface area contributed by atoms with Crippen molar-refractivity contribution in [3.8, 4) is 45.0 Å². The molecule has 0 aliphatic carbocycles. The van der Waals surface area contributed by atoms with Gasteiger partial charge in [0.05, 0.1) is 22.8 Å². The van der Waals surface area contributed by atoms with Gasteiger partial charge in [0.25, 0.3) is 0 Å². The van der Waals surface area contributed by atoms with Crippen molar-refractivity contribution < 1.29 is 0 Å². The van der Waals surface area contributed by atoms with Crippen LogP contribution in [0.25, 0.3) is 110 Å². The number of hydrogen-bond acceptors (Lipinski definition) is 2. The van der Waals surface area contributed by atoms with Crippen molar-refractivity contribution in [1.29, 1.82) is 0 Å². The van der Waals surface area contributed by atoms with Crippen molar-refractivity contribution >= 4 is 65.2 Å². The summed E-state index contributed by atoms with van der Waals surface area (Å²) in [6.07, 6.45) is 0. The lowest BCUT2D eigenvalue weighted by atomic mass is 9.98. The van der Waals surface area contributed by atoms with Gasteiger partial charge in [0.2, 0.25) is 0 Å². The lowest BCUT2D eigenvalue weighted by molar-refractivity contribution is 1.40. The molecule has 8 bridgehead atoms. The van der Waals surface area contributed by atoms with Crippen molar-refractivity contribution in [2.75, 3.05) is 0 Å². The first-order chi connectivity index (χ1) is 23.7. The molecular weight excluding hydrogens is 585 g/mol. The van der Waals surface area contributed by atoms with Crippen LogP contribution in [0.3, 0.4) is 0 Å². The average Bonchev–Trinajstić information content (AvgIpc) is 3.85. The number of nitrogens with zero attached hydrogens (tertiary/aromatic N) is 2. The lowest BCUT2D eigenvalue weighted by Gasteiger charge is -2.04. The van der Waals surface area contributed by atoms with Crippen LogP contribution < -0.4 is 0 Å². The van der Waals surface area contributed by atoms with E-state index in [1.165, 1.54) is 21.5 Å². The zero-order valence-corrected chi connectivity index (χ0v) is 25.8.